The molecule has 1 aromatic carbocycles. The lowest BCUT2D eigenvalue weighted by atomic mass is 9.83. The second-order valence-electron chi connectivity index (χ2n) is 6.50. The molecule has 1 aromatic rings. The van der Waals surface area contributed by atoms with Crippen molar-refractivity contribution in [3.8, 4) is 0 Å². The molecule has 0 N–H and O–H groups in total. The topological polar surface area (TPSA) is 0 Å². The summed E-state index contributed by atoms with van der Waals surface area (Å²) < 4.78 is 0. The van der Waals surface area contributed by atoms with E-state index in [4.69, 9.17) is 12.2 Å². The van der Waals surface area contributed by atoms with Gasteiger partial charge in [-0.2, -0.15) is 0 Å². The molecule has 0 heterocycles. The molecule has 0 amide bonds. The minimum Gasteiger partial charge on any atom is -0.0891 e. The highest BCUT2D eigenvalue weighted by Gasteiger charge is 2.35. The Morgan fingerprint density at radius 3 is 2.55 bits per heavy atom. The standard InChI is InChI=1S/C19H20S/c20-19-17-7-8-18(19)12-14(11-17)9-13-5-6-15-3-1-2-4-16(15)10-13/h1-4,9-10,17-18H,5-8,11-12H2/t17-,18+. The van der Waals surface area contributed by atoms with E-state index in [1.165, 1.54) is 60.1 Å². The second-order valence-corrected chi connectivity index (χ2v) is 6.97. The van der Waals surface area contributed by atoms with Crippen LogP contribution < -0.4 is 0 Å². The molecule has 102 valence electrons. The highest BCUT2D eigenvalue weighted by atomic mass is 32.1. The molecule has 4 rings (SSSR count). The quantitative estimate of drug-likeness (QED) is 0.642. The third kappa shape index (κ3) is 2.18. The molecular weight excluding hydrogens is 260 g/mol. The number of allylic oxidation sites excluding steroid dienone is 3. The molecule has 0 spiro atoms. The molecule has 2 bridgehead atoms. The van der Waals surface area contributed by atoms with Gasteiger partial charge in [-0.15, -0.1) is 0 Å². The Hall–Kier alpha value is -1.21. The Kier molecular flexibility index (Phi) is 3.11. The summed E-state index contributed by atoms with van der Waals surface area (Å²) in [5.41, 5.74) is 6.09. The van der Waals surface area contributed by atoms with Crippen LogP contribution in [0.5, 0.6) is 0 Å². The summed E-state index contributed by atoms with van der Waals surface area (Å²) in [6, 6.07) is 8.79. The van der Waals surface area contributed by atoms with Crippen molar-refractivity contribution in [1.29, 1.82) is 0 Å². The fourth-order valence-electron chi connectivity index (χ4n) is 4.09. The van der Waals surface area contributed by atoms with Crippen molar-refractivity contribution in [2.45, 2.75) is 38.5 Å². The van der Waals surface area contributed by atoms with E-state index < -0.39 is 0 Å². The van der Waals surface area contributed by atoms with Gasteiger partial charge in [-0.1, -0.05) is 54.2 Å². The maximum Gasteiger partial charge on any atom is -0.000331 e. The van der Waals surface area contributed by atoms with Crippen molar-refractivity contribution in [3.63, 3.8) is 0 Å². The fraction of sp³-hybridized carbons (Fsp3) is 0.421. The summed E-state index contributed by atoms with van der Waals surface area (Å²) in [4.78, 5) is 1.38. The Labute approximate surface area is 126 Å². The van der Waals surface area contributed by atoms with Crippen molar-refractivity contribution in [3.05, 3.63) is 52.6 Å². The summed E-state index contributed by atoms with van der Waals surface area (Å²) in [7, 11) is 0. The van der Waals surface area contributed by atoms with Crippen molar-refractivity contribution in [2.75, 3.05) is 0 Å². The minimum absolute atomic E-state index is 0.714. The van der Waals surface area contributed by atoms with Crippen LogP contribution in [-0.2, 0) is 6.42 Å². The van der Waals surface area contributed by atoms with Crippen LogP contribution in [0.15, 0.2) is 41.5 Å². The van der Waals surface area contributed by atoms with Gasteiger partial charge in [0.15, 0.2) is 0 Å². The Morgan fingerprint density at radius 1 is 1.00 bits per heavy atom. The van der Waals surface area contributed by atoms with E-state index in [9.17, 15) is 0 Å². The van der Waals surface area contributed by atoms with Crippen LogP contribution in [0.25, 0.3) is 6.08 Å². The molecule has 0 saturated heterocycles. The molecule has 3 aliphatic carbocycles. The van der Waals surface area contributed by atoms with Crippen molar-refractivity contribution in [1.82, 2.24) is 0 Å². The molecule has 2 atom stereocenters. The first-order valence-electron chi connectivity index (χ1n) is 7.81. The lowest BCUT2D eigenvalue weighted by Crippen LogP contribution is -2.19. The number of hydrogen-bond acceptors (Lipinski definition) is 1. The van der Waals surface area contributed by atoms with E-state index in [-0.39, 0.29) is 0 Å². The zero-order valence-electron chi connectivity index (χ0n) is 11.8. The van der Waals surface area contributed by atoms with Crippen LogP contribution in [0.1, 0.15) is 43.2 Å². The average Bonchev–Trinajstić information content (AvgIpc) is 2.70. The van der Waals surface area contributed by atoms with Crippen LogP contribution in [0, 0.1) is 11.8 Å². The van der Waals surface area contributed by atoms with Gasteiger partial charge in [-0.05, 0) is 71.9 Å². The summed E-state index contributed by atoms with van der Waals surface area (Å²) in [5, 5.41) is 0. The number of benzene rings is 1. The molecule has 2 saturated carbocycles. The van der Waals surface area contributed by atoms with Gasteiger partial charge in [0.1, 0.15) is 0 Å². The molecule has 0 aromatic heterocycles. The monoisotopic (exact) mass is 280 g/mol. The normalized spacial score (nSPS) is 30.3. The van der Waals surface area contributed by atoms with E-state index in [1.54, 1.807) is 5.57 Å². The first-order valence-corrected chi connectivity index (χ1v) is 8.22. The third-order valence-electron chi connectivity index (χ3n) is 5.15. The van der Waals surface area contributed by atoms with Crippen molar-refractivity contribution in [2.24, 2.45) is 11.8 Å². The highest BCUT2D eigenvalue weighted by molar-refractivity contribution is 7.80. The molecular formula is C19H20S. The van der Waals surface area contributed by atoms with Gasteiger partial charge in [0.2, 0.25) is 0 Å². The smallest absolute Gasteiger partial charge is 0.000331 e. The van der Waals surface area contributed by atoms with Crippen LogP contribution >= 0.6 is 12.2 Å². The van der Waals surface area contributed by atoms with Crippen LogP contribution in [0.4, 0.5) is 0 Å². The lowest BCUT2D eigenvalue weighted by Gasteiger charge is -2.24. The highest BCUT2D eigenvalue weighted by Crippen LogP contribution is 2.43. The zero-order chi connectivity index (χ0) is 13.5. The summed E-state index contributed by atoms with van der Waals surface area (Å²) in [6.45, 7) is 0. The van der Waals surface area contributed by atoms with Crippen LogP contribution in [0.2, 0.25) is 0 Å². The largest absolute Gasteiger partial charge is 0.0891 e. The number of rotatable bonds is 1. The van der Waals surface area contributed by atoms with Gasteiger partial charge in [0.25, 0.3) is 0 Å². The average molecular weight is 280 g/mol. The van der Waals surface area contributed by atoms with Crippen molar-refractivity contribution < 1.29 is 0 Å². The van der Waals surface area contributed by atoms with E-state index in [0.29, 0.717) is 11.8 Å². The first-order chi connectivity index (χ1) is 9.79. The van der Waals surface area contributed by atoms with E-state index >= 15 is 0 Å². The van der Waals surface area contributed by atoms with Gasteiger partial charge in [0, 0.05) is 0 Å². The van der Waals surface area contributed by atoms with Gasteiger partial charge in [-0.25, -0.2) is 0 Å². The molecule has 0 nitrogen and oxygen atoms in total. The lowest BCUT2D eigenvalue weighted by molar-refractivity contribution is 0.674. The third-order valence-corrected chi connectivity index (χ3v) is 5.82. The number of aryl methyl sites for hydroxylation is 1. The number of fused-ring (bicyclic) bond motifs is 3. The minimum atomic E-state index is 0.714. The number of hydrogen-bond donors (Lipinski definition) is 0. The van der Waals surface area contributed by atoms with E-state index in [0.717, 1.165) is 0 Å². The summed E-state index contributed by atoms with van der Waals surface area (Å²) in [5.74, 6) is 1.43. The Balaban J connectivity index is 1.60. The molecule has 2 fully saturated rings. The number of thiocarbonyl (C=S) groups is 1. The molecule has 0 unspecified atom stereocenters. The van der Waals surface area contributed by atoms with Gasteiger partial charge in [-0.3, -0.25) is 0 Å². The van der Waals surface area contributed by atoms with E-state index in [2.05, 4.69) is 36.4 Å². The maximum atomic E-state index is 5.58. The molecule has 20 heavy (non-hydrogen) atoms. The van der Waals surface area contributed by atoms with Crippen molar-refractivity contribution >= 4 is 23.2 Å². The fourth-order valence-corrected chi connectivity index (χ4v) is 4.49. The molecule has 0 aliphatic heterocycles. The van der Waals surface area contributed by atoms with Gasteiger partial charge >= 0.3 is 0 Å². The molecule has 0 radical (unpaired) electrons. The zero-order valence-corrected chi connectivity index (χ0v) is 12.6. The van der Waals surface area contributed by atoms with Crippen LogP contribution in [-0.4, -0.2) is 4.86 Å². The van der Waals surface area contributed by atoms with Gasteiger partial charge < -0.3 is 0 Å². The summed E-state index contributed by atoms with van der Waals surface area (Å²) >= 11 is 5.58. The van der Waals surface area contributed by atoms with E-state index in [1.807, 2.05) is 0 Å². The first kappa shape index (κ1) is 12.5. The maximum absolute atomic E-state index is 5.58. The Bertz CT molecular complexity index is 602. The second kappa shape index (κ2) is 4.96. The predicted octanol–water partition coefficient (Wildman–Crippen LogP) is 5.13. The van der Waals surface area contributed by atoms with Crippen LogP contribution in [0.3, 0.4) is 0 Å². The molecule has 3 aliphatic rings. The molecule has 1 heteroatoms. The predicted molar refractivity (Wildman–Crippen MR) is 88.9 cm³/mol. The summed E-state index contributed by atoms with van der Waals surface area (Å²) in [6.07, 6.45) is 12.4. The SMILES string of the molecule is S=C1[C@@H]2CC[C@H]1CC(=CC1=Cc3ccccc3CC1)C2. The Morgan fingerprint density at radius 2 is 1.75 bits per heavy atom. The van der Waals surface area contributed by atoms with Gasteiger partial charge in [0.05, 0.1) is 0 Å².